The normalized spacial score (nSPS) is 20.6. The van der Waals surface area contributed by atoms with E-state index < -0.39 is 0 Å². The van der Waals surface area contributed by atoms with E-state index in [-0.39, 0.29) is 0 Å². The maximum Gasteiger partial charge on any atom is 0.236 e. The van der Waals surface area contributed by atoms with Gasteiger partial charge in [0.2, 0.25) is 5.91 Å². The van der Waals surface area contributed by atoms with Crippen LogP contribution < -0.4 is 0 Å². The van der Waals surface area contributed by atoms with Crippen LogP contribution in [0.3, 0.4) is 0 Å². The summed E-state index contributed by atoms with van der Waals surface area (Å²) >= 11 is 0. The molecule has 0 bridgehead atoms. The van der Waals surface area contributed by atoms with Crippen LogP contribution in [0, 0.1) is 11.8 Å². The second-order valence-corrected chi connectivity index (χ2v) is 9.05. The first kappa shape index (κ1) is 20.2. The van der Waals surface area contributed by atoms with Crippen molar-refractivity contribution >= 4 is 5.91 Å². The van der Waals surface area contributed by atoms with Crippen LogP contribution in [0.25, 0.3) is 0 Å². The molecule has 2 saturated heterocycles. The Labute approximate surface area is 164 Å². The molecule has 5 heteroatoms. The highest BCUT2D eigenvalue weighted by atomic mass is 16.2. The zero-order chi connectivity index (χ0) is 19.4. The summed E-state index contributed by atoms with van der Waals surface area (Å²) in [5.74, 6) is 2.74. The van der Waals surface area contributed by atoms with Crippen LogP contribution in [-0.4, -0.2) is 58.6 Å². The third-order valence-electron chi connectivity index (χ3n) is 6.50. The third-order valence-corrected chi connectivity index (χ3v) is 6.50. The van der Waals surface area contributed by atoms with E-state index >= 15 is 0 Å². The molecule has 3 heterocycles. The Balaban J connectivity index is 1.43. The number of amides is 1. The van der Waals surface area contributed by atoms with Gasteiger partial charge in [0, 0.05) is 19.0 Å². The molecule has 0 spiro atoms. The quantitative estimate of drug-likeness (QED) is 0.791. The van der Waals surface area contributed by atoms with Gasteiger partial charge in [0.1, 0.15) is 0 Å². The Kier molecular flexibility index (Phi) is 6.85. The van der Waals surface area contributed by atoms with E-state index in [9.17, 15) is 4.79 Å². The molecule has 0 unspecified atom stereocenters. The highest BCUT2D eigenvalue weighted by Gasteiger charge is 2.27. The topological polar surface area (TPSA) is 49.3 Å². The monoisotopic (exact) mass is 372 g/mol. The van der Waals surface area contributed by atoms with Crippen LogP contribution in [0.1, 0.15) is 76.6 Å². The van der Waals surface area contributed by atoms with Crippen molar-refractivity contribution in [2.75, 3.05) is 32.7 Å². The van der Waals surface area contributed by atoms with Crippen LogP contribution in [-0.2, 0) is 4.79 Å². The van der Waals surface area contributed by atoms with Gasteiger partial charge in [-0.3, -0.25) is 9.69 Å². The summed E-state index contributed by atoms with van der Waals surface area (Å²) in [4.78, 5) is 17.1. The highest BCUT2D eigenvalue weighted by molar-refractivity contribution is 5.78. The van der Waals surface area contributed by atoms with Crippen LogP contribution in [0.2, 0.25) is 0 Å². The molecule has 3 rings (SSSR count). The summed E-state index contributed by atoms with van der Waals surface area (Å²) in [5, 5.41) is 8.84. The molecule has 0 atom stereocenters. The smallest absolute Gasteiger partial charge is 0.236 e. The first-order valence-corrected chi connectivity index (χ1v) is 10.8. The van der Waals surface area contributed by atoms with Crippen molar-refractivity contribution < 1.29 is 4.79 Å². The van der Waals surface area contributed by atoms with Crippen molar-refractivity contribution in [1.82, 2.24) is 20.0 Å². The Morgan fingerprint density at radius 1 is 1.00 bits per heavy atom. The second kappa shape index (κ2) is 9.13. The molecule has 5 nitrogen and oxygen atoms in total. The fraction of sp³-hybridized carbons (Fsp3) is 0.773. The van der Waals surface area contributed by atoms with Gasteiger partial charge >= 0.3 is 0 Å². The number of nitrogens with zero attached hydrogens (tertiary/aromatic N) is 4. The fourth-order valence-electron chi connectivity index (χ4n) is 4.37. The van der Waals surface area contributed by atoms with Crippen molar-refractivity contribution in [3.63, 3.8) is 0 Å². The Morgan fingerprint density at radius 3 is 2.19 bits per heavy atom. The van der Waals surface area contributed by atoms with Gasteiger partial charge < -0.3 is 4.90 Å². The lowest BCUT2D eigenvalue weighted by molar-refractivity contribution is -0.134. The van der Waals surface area contributed by atoms with Gasteiger partial charge in [0.05, 0.1) is 17.9 Å². The van der Waals surface area contributed by atoms with Gasteiger partial charge in [-0.1, -0.05) is 27.7 Å². The number of carbonyl (C=O) groups excluding carboxylic acids is 1. The van der Waals surface area contributed by atoms with Crippen molar-refractivity contribution in [2.45, 2.75) is 65.2 Å². The minimum absolute atomic E-state index is 0.316. The van der Waals surface area contributed by atoms with Crippen LogP contribution in [0.4, 0.5) is 0 Å². The van der Waals surface area contributed by atoms with Crippen molar-refractivity contribution in [2.24, 2.45) is 11.8 Å². The lowest BCUT2D eigenvalue weighted by Crippen LogP contribution is -2.46. The van der Waals surface area contributed by atoms with Gasteiger partial charge in [-0.25, -0.2) is 0 Å². The van der Waals surface area contributed by atoms with Gasteiger partial charge in [-0.2, -0.15) is 10.2 Å². The second-order valence-electron chi connectivity index (χ2n) is 9.05. The van der Waals surface area contributed by atoms with E-state index in [4.69, 9.17) is 0 Å². The minimum Gasteiger partial charge on any atom is -0.342 e. The van der Waals surface area contributed by atoms with Gasteiger partial charge in [-0.05, 0) is 68.7 Å². The van der Waals surface area contributed by atoms with Crippen LogP contribution >= 0.6 is 0 Å². The summed E-state index contributed by atoms with van der Waals surface area (Å²) < 4.78 is 0. The summed E-state index contributed by atoms with van der Waals surface area (Å²) in [6.45, 7) is 13.3. The summed E-state index contributed by atoms with van der Waals surface area (Å²) in [6.07, 6.45) is 4.46. The number of carbonyl (C=O) groups is 1. The van der Waals surface area contributed by atoms with Crippen molar-refractivity contribution in [1.29, 1.82) is 0 Å². The zero-order valence-corrected chi connectivity index (χ0v) is 17.5. The molecule has 1 amide bonds. The standard InChI is InChI=1S/C22H36N4O/c1-16(2)18-9-13-26(14-10-18)22(27)15-25-11-7-19(8-12-25)21-6-5-20(17(3)4)23-24-21/h5-6,16-19H,7-15H2,1-4H3. The van der Waals surface area contributed by atoms with E-state index in [1.807, 2.05) is 0 Å². The van der Waals surface area contributed by atoms with E-state index in [1.165, 1.54) is 0 Å². The molecule has 2 fully saturated rings. The summed E-state index contributed by atoms with van der Waals surface area (Å²) in [5.41, 5.74) is 2.17. The summed E-state index contributed by atoms with van der Waals surface area (Å²) in [7, 11) is 0. The van der Waals surface area contributed by atoms with E-state index in [0.717, 1.165) is 75.1 Å². The molecule has 0 saturated carbocycles. The van der Waals surface area contributed by atoms with Crippen molar-refractivity contribution in [3.05, 3.63) is 23.5 Å². The number of likely N-dealkylation sites (tertiary alicyclic amines) is 2. The molecule has 0 N–H and O–H groups in total. The van der Waals surface area contributed by atoms with E-state index in [2.05, 4.69) is 59.8 Å². The SMILES string of the molecule is CC(C)c1ccc(C2CCN(CC(=O)N3CCC(C(C)C)CC3)CC2)nn1. The Hall–Kier alpha value is -1.49. The molecule has 0 radical (unpaired) electrons. The van der Waals surface area contributed by atoms with E-state index in [1.54, 1.807) is 0 Å². The molecular formula is C22H36N4O. The lowest BCUT2D eigenvalue weighted by Gasteiger charge is -2.36. The van der Waals surface area contributed by atoms with Crippen LogP contribution in [0.15, 0.2) is 12.1 Å². The lowest BCUT2D eigenvalue weighted by atomic mass is 9.87. The molecule has 2 aliphatic heterocycles. The number of hydrogen-bond donors (Lipinski definition) is 0. The average Bonchev–Trinajstić information content (AvgIpc) is 2.68. The zero-order valence-electron chi connectivity index (χ0n) is 17.5. The molecule has 150 valence electrons. The van der Waals surface area contributed by atoms with Gasteiger partial charge in [-0.15, -0.1) is 0 Å². The van der Waals surface area contributed by atoms with Gasteiger partial charge in [0.25, 0.3) is 0 Å². The maximum absolute atomic E-state index is 12.7. The Bertz CT molecular complexity index is 597. The molecule has 2 aliphatic rings. The third kappa shape index (κ3) is 5.28. The Morgan fingerprint density at radius 2 is 1.67 bits per heavy atom. The number of hydrogen-bond acceptors (Lipinski definition) is 4. The molecule has 0 aliphatic carbocycles. The largest absolute Gasteiger partial charge is 0.342 e. The minimum atomic E-state index is 0.316. The highest BCUT2D eigenvalue weighted by Crippen LogP contribution is 2.28. The molecule has 0 aromatic carbocycles. The first-order valence-electron chi connectivity index (χ1n) is 10.8. The van der Waals surface area contributed by atoms with Gasteiger partial charge in [0.15, 0.2) is 0 Å². The predicted octanol–water partition coefficient (Wildman–Crippen LogP) is 3.67. The van der Waals surface area contributed by atoms with E-state index in [0.29, 0.717) is 24.3 Å². The number of rotatable bonds is 5. The summed E-state index contributed by atoms with van der Waals surface area (Å²) in [6, 6.07) is 4.26. The number of aromatic nitrogens is 2. The average molecular weight is 373 g/mol. The van der Waals surface area contributed by atoms with Crippen LogP contribution in [0.5, 0.6) is 0 Å². The van der Waals surface area contributed by atoms with Crippen molar-refractivity contribution in [3.8, 4) is 0 Å². The molecule has 1 aromatic heterocycles. The fourth-order valence-corrected chi connectivity index (χ4v) is 4.37. The molecule has 27 heavy (non-hydrogen) atoms. The molecular weight excluding hydrogens is 336 g/mol. The number of piperidine rings is 2. The molecule has 1 aromatic rings. The maximum atomic E-state index is 12.7. The first-order chi connectivity index (χ1) is 12.9. The predicted molar refractivity (Wildman–Crippen MR) is 109 cm³/mol.